The molecule has 22 heavy (non-hydrogen) atoms. The Kier molecular flexibility index (Phi) is 2.92. The van der Waals surface area contributed by atoms with Gasteiger partial charge in [-0.1, -0.05) is 0 Å². The summed E-state index contributed by atoms with van der Waals surface area (Å²) in [6, 6.07) is 0. The molecule has 4 saturated carbocycles. The van der Waals surface area contributed by atoms with Crippen LogP contribution < -0.4 is 5.32 Å². The van der Waals surface area contributed by atoms with Crippen molar-refractivity contribution in [1.82, 2.24) is 15.5 Å². The summed E-state index contributed by atoms with van der Waals surface area (Å²) in [7, 11) is 1.98. The molecule has 4 aliphatic carbocycles. The molecular formula is C14H18F3N3O2. The molecule has 5 rings (SSSR count). The lowest BCUT2D eigenvalue weighted by atomic mass is 9.65. The molecule has 0 aliphatic heterocycles. The molecule has 1 aromatic rings. The SMILES string of the molecule is CNC12CCC(c3nnc(C4CC(OC(F)(F)F)C4)o3)(C1)C2. The average Bonchev–Trinajstić information content (AvgIpc) is 3.03. The fourth-order valence-corrected chi connectivity index (χ4v) is 4.30. The number of halogens is 3. The molecule has 8 heteroatoms. The molecule has 1 N–H and O–H groups in total. The zero-order valence-electron chi connectivity index (χ0n) is 12.2. The average molecular weight is 317 g/mol. The summed E-state index contributed by atoms with van der Waals surface area (Å²) >= 11 is 0. The second kappa shape index (κ2) is 4.44. The Labute approximate surface area is 125 Å². The van der Waals surface area contributed by atoms with Crippen LogP contribution in [-0.4, -0.2) is 35.3 Å². The Balaban J connectivity index is 1.38. The molecule has 2 bridgehead atoms. The van der Waals surface area contributed by atoms with E-state index in [2.05, 4.69) is 20.3 Å². The Morgan fingerprint density at radius 1 is 1.23 bits per heavy atom. The molecular weight excluding hydrogens is 299 g/mol. The summed E-state index contributed by atoms with van der Waals surface area (Å²) < 4.78 is 46.1. The molecule has 4 fully saturated rings. The number of rotatable bonds is 4. The van der Waals surface area contributed by atoms with Crippen molar-refractivity contribution < 1.29 is 22.3 Å². The number of ether oxygens (including phenoxy) is 1. The lowest BCUT2D eigenvalue weighted by Gasteiger charge is -2.45. The maximum Gasteiger partial charge on any atom is 0.522 e. The maximum atomic E-state index is 12.1. The van der Waals surface area contributed by atoms with Crippen LogP contribution in [0.15, 0.2) is 4.42 Å². The van der Waals surface area contributed by atoms with Gasteiger partial charge in [0.15, 0.2) is 0 Å². The van der Waals surface area contributed by atoms with Gasteiger partial charge in [0.2, 0.25) is 11.8 Å². The Bertz CT molecular complexity index is 574. The quantitative estimate of drug-likeness (QED) is 0.925. The van der Waals surface area contributed by atoms with Gasteiger partial charge in [0.1, 0.15) is 0 Å². The van der Waals surface area contributed by atoms with Gasteiger partial charge in [-0.2, -0.15) is 0 Å². The molecule has 122 valence electrons. The van der Waals surface area contributed by atoms with Crippen LogP contribution in [0.5, 0.6) is 0 Å². The van der Waals surface area contributed by atoms with Crippen LogP contribution in [0.3, 0.4) is 0 Å². The summed E-state index contributed by atoms with van der Waals surface area (Å²) in [6.45, 7) is 0. The number of hydrogen-bond acceptors (Lipinski definition) is 5. The third-order valence-electron chi connectivity index (χ3n) is 5.60. The number of aromatic nitrogens is 2. The fourth-order valence-electron chi connectivity index (χ4n) is 4.30. The van der Waals surface area contributed by atoms with E-state index in [1.54, 1.807) is 0 Å². The van der Waals surface area contributed by atoms with E-state index < -0.39 is 12.5 Å². The largest absolute Gasteiger partial charge is 0.522 e. The topological polar surface area (TPSA) is 60.2 Å². The van der Waals surface area contributed by atoms with E-state index in [4.69, 9.17) is 4.42 Å². The van der Waals surface area contributed by atoms with Crippen LogP contribution in [0.1, 0.15) is 56.2 Å². The van der Waals surface area contributed by atoms with Crippen molar-refractivity contribution in [1.29, 1.82) is 0 Å². The maximum absolute atomic E-state index is 12.1. The molecule has 1 aromatic heterocycles. The van der Waals surface area contributed by atoms with Gasteiger partial charge in [-0.3, -0.25) is 4.74 Å². The van der Waals surface area contributed by atoms with Crippen molar-refractivity contribution in [2.45, 2.75) is 67.9 Å². The number of nitrogens with zero attached hydrogens (tertiary/aromatic N) is 2. The second-order valence-corrected chi connectivity index (χ2v) is 6.96. The molecule has 0 saturated heterocycles. The molecule has 0 aromatic carbocycles. The van der Waals surface area contributed by atoms with Crippen molar-refractivity contribution in [3.63, 3.8) is 0 Å². The normalized spacial score (nSPS) is 40.4. The zero-order valence-corrected chi connectivity index (χ0v) is 12.2. The second-order valence-electron chi connectivity index (χ2n) is 6.96. The van der Waals surface area contributed by atoms with E-state index >= 15 is 0 Å². The first-order chi connectivity index (χ1) is 10.3. The van der Waals surface area contributed by atoms with E-state index in [0.717, 1.165) is 25.7 Å². The first kappa shape index (κ1) is 14.4. The molecule has 1 heterocycles. The van der Waals surface area contributed by atoms with E-state index in [-0.39, 0.29) is 29.7 Å². The van der Waals surface area contributed by atoms with Gasteiger partial charge in [0.05, 0.1) is 11.5 Å². The van der Waals surface area contributed by atoms with Gasteiger partial charge < -0.3 is 9.73 Å². The van der Waals surface area contributed by atoms with Crippen molar-refractivity contribution in [3.8, 4) is 0 Å². The van der Waals surface area contributed by atoms with Crippen LogP contribution in [0.4, 0.5) is 13.2 Å². The Morgan fingerprint density at radius 3 is 2.55 bits per heavy atom. The van der Waals surface area contributed by atoms with Crippen LogP contribution in [0, 0.1) is 0 Å². The highest BCUT2D eigenvalue weighted by Gasteiger charge is 2.63. The van der Waals surface area contributed by atoms with Gasteiger partial charge in [-0.05, 0) is 45.6 Å². The van der Waals surface area contributed by atoms with Gasteiger partial charge in [-0.25, -0.2) is 0 Å². The van der Waals surface area contributed by atoms with E-state index in [0.29, 0.717) is 11.8 Å². The minimum Gasteiger partial charge on any atom is -0.424 e. The monoisotopic (exact) mass is 317 g/mol. The molecule has 0 atom stereocenters. The highest BCUT2D eigenvalue weighted by molar-refractivity contribution is 5.27. The smallest absolute Gasteiger partial charge is 0.424 e. The zero-order chi connectivity index (χ0) is 15.6. The fraction of sp³-hybridized carbons (Fsp3) is 0.857. The van der Waals surface area contributed by atoms with Crippen LogP contribution in [-0.2, 0) is 10.2 Å². The van der Waals surface area contributed by atoms with Crippen molar-refractivity contribution >= 4 is 0 Å². The highest BCUT2D eigenvalue weighted by Crippen LogP contribution is 2.61. The lowest BCUT2D eigenvalue weighted by molar-refractivity contribution is -0.352. The summed E-state index contributed by atoms with van der Waals surface area (Å²) in [6.07, 6.45) is -0.646. The molecule has 0 radical (unpaired) electrons. The Hall–Kier alpha value is -1.15. The van der Waals surface area contributed by atoms with E-state index in [1.807, 2.05) is 7.05 Å². The van der Waals surface area contributed by atoms with Gasteiger partial charge in [0.25, 0.3) is 0 Å². The van der Waals surface area contributed by atoms with Crippen LogP contribution in [0.25, 0.3) is 0 Å². The summed E-state index contributed by atoms with van der Waals surface area (Å²) in [5, 5.41) is 11.6. The number of nitrogens with one attached hydrogen (secondary N) is 1. The molecule has 0 spiro atoms. The van der Waals surface area contributed by atoms with Crippen LogP contribution >= 0.6 is 0 Å². The number of alkyl halides is 3. The predicted octanol–water partition coefficient (Wildman–Crippen LogP) is 2.64. The van der Waals surface area contributed by atoms with Gasteiger partial charge in [0, 0.05) is 11.5 Å². The minimum absolute atomic E-state index is 0.0140. The Morgan fingerprint density at radius 2 is 1.95 bits per heavy atom. The van der Waals surface area contributed by atoms with Gasteiger partial charge in [-0.15, -0.1) is 23.4 Å². The molecule has 0 amide bonds. The first-order valence-electron chi connectivity index (χ1n) is 7.61. The minimum atomic E-state index is -4.57. The van der Waals surface area contributed by atoms with Gasteiger partial charge >= 0.3 is 6.36 Å². The predicted molar refractivity (Wildman–Crippen MR) is 69.1 cm³/mol. The highest BCUT2D eigenvalue weighted by atomic mass is 19.4. The summed E-state index contributed by atoms with van der Waals surface area (Å²) in [4.78, 5) is 0. The van der Waals surface area contributed by atoms with E-state index in [1.165, 1.54) is 0 Å². The van der Waals surface area contributed by atoms with Crippen molar-refractivity contribution in [2.24, 2.45) is 0 Å². The third kappa shape index (κ3) is 2.15. The third-order valence-corrected chi connectivity index (χ3v) is 5.60. The standard InChI is InChI=1S/C14H18F3N3O2/c1-18-13-3-2-12(6-13,7-13)11-20-19-10(21-11)8-4-9(5-8)22-14(15,16)17/h8-9,18H,2-7H2,1H3. The molecule has 4 aliphatic rings. The lowest BCUT2D eigenvalue weighted by Crippen LogP contribution is -2.54. The summed E-state index contributed by atoms with van der Waals surface area (Å²) in [5.74, 6) is 1.01. The number of hydrogen-bond donors (Lipinski definition) is 1. The van der Waals surface area contributed by atoms with Crippen molar-refractivity contribution in [2.75, 3.05) is 7.05 Å². The van der Waals surface area contributed by atoms with E-state index in [9.17, 15) is 13.2 Å². The van der Waals surface area contributed by atoms with Crippen LogP contribution in [0.2, 0.25) is 0 Å². The molecule has 0 unspecified atom stereocenters. The van der Waals surface area contributed by atoms with Crippen molar-refractivity contribution in [3.05, 3.63) is 11.8 Å². The first-order valence-corrected chi connectivity index (χ1v) is 7.61. The molecule has 5 nitrogen and oxygen atoms in total. The number of fused-ring (bicyclic) bond motifs is 1. The summed E-state index contributed by atoms with van der Waals surface area (Å²) in [5.41, 5.74) is 0.205.